The highest BCUT2D eigenvalue weighted by Gasteiger charge is 2.34. The molecule has 7 nitrogen and oxygen atoms in total. The van der Waals surface area contributed by atoms with Gasteiger partial charge >= 0.3 is 0 Å². The monoisotopic (exact) mass is 409 g/mol. The average Bonchev–Trinajstić information content (AvgIpc) is 2.49. The highest BCUT2D eigenvalue weighted by molar-refractivity contribution is 7.86. The van der Waals surface area contributed by atoms with E-state index in [1.807, 2.05) is 13.8 Å². The normalized spacial score (nSPS) is 22.2. The van der Waals surface area contributed by atoms with Gasteiger partial charge in [0.1, 0.15) is 0 Å². The number of morpholine rings is 1. The second-order valence-corrected chi connectivity index (χ2v) is 8.86. The van der Waals surface area contributed by atoms with Crippen molar-refractivity contribution in [2.75, 3.05) is 32.0 Å². The molecule has 1 saturated heterocycles. The molecule has 0 aliphatic carbocycles. The number of likely N-dealkylation sites (N-methyl/N-ethyl adjacent to an activating group) is 1. The van der Waals surface area contributed by atoms with E-state index < -0.39 is 16.1 Å². The summed E-state index contributed by atoms with van der Waals surface area (Å²) in [6.07, 6.45) is -0.395. The van der Waals surface area contributed by atoms with Crippen LogP contribution in [0.25, 0.3) is 0 Å². The summed E-state index contributed by atoms with van der Waals surface area (Å²) in [7, 11) is -2.38. The summed E-state index contributed by atoms with van der Waals surface area (Å²) >= 11 is 11.7. The number of carbonyl (C=O) groups excluding carboxylic acids is 1. The fraction of sp³-hybridized carbons (Fsp3) is 0.533. The number of amides is 1. The highest BCUT2D eigenvalue weighted by Crippen LogP contribution is 2.25. The first-order valence-corrected chi connectivity index (χ1v) is 9.86. The molecule has 1 heterocycles. The summed E-state index contributed by atoms with van der Waals surface area (Å²) < 4.78 is 33.2. The van der Waals surface area contributed by atoms with Crippen molar-refractivity contribution in [2.45, 2.75) is 26.1 Å². The van der Waals surface area contributed by atoms with Crippen LogP contribution >= 0.6 is 23.2 Å². The molecule has 10 heteroatoms. The van der Waals surface area contributed by atoms with E-state index in [0.717, 1.165) is 4.31 Å². The first kappa shape index (κ1) is 20.4. The van der Waals surface area contributed by atoms with Crippen molar-refractivity contribution in [1.82, 2.24) is 8.61 Å². The zero-order valence-corrected chi connectivity index (χ0v) is 16.5. The van der Waals surface area contributed by atoms with E-state index in [0.29, 0.717) is 15.7 Å². The summed E-state index contributed by atoms with van der Waals surface area (Å²) in [5, 5.41) is 3.27. The van der Waals surface area contributed by atoms with Gasteiger partial charge in [-0.2, -0.15) is 17.0 Å². The number of ether oxygens (including phenoxy) is 1. The molecule has 0 saturated carbocycles. The predicted octanol–water partition coefficient (Wildman–Crippen LogP) is 2.22. The van der Waals surface area contributed by atoms with Gasteiger partial charge in [0.2, 0.25) is 5.91 Å². The zero-order chi connectivity index (χ0) is 18.8. The quantitative estimate of drug-likeness (QED) is 0.808. The number of anilines is 1. The summed E-state index contributed by atoms with van der Waals surface area (Å²) in [5.74, 6) is -0.473. The van der Waals surface area contributed by atoms with E-state index in [1.54, 1.807) is 12.1 Å². The van der Waals surface area contributed by atoms with Crippen molar-refractivity contribution in [3.05, 3.63) is 28.2 Å². The molecule has 0 bridgehead atoms. The van der Waals surface area contributed by atoms with E-state index in [-0.39, 0.29) is 31.8 Å². The number of nitrogens with one attached hydrogen (secondary N) is 1. The van der Waals surface area contributed by atoms with E-state index >= 15 is 0 Å². The number of halogens is 2. The minimum atomic E-state index is -3.75. The van der Waals surface area contributed by atoms with Crippen LogP contribution in [0.2, 0.25) is 10.0 Å². The summed E-state index contributed by atoms with van der Waals surface area (Å²) in [4.78, 5) is 12.1. The molecule has 2 atom stereocenters. The molecule has 1 aromatic rings. The van der Waals surface area contributed by atoms with Crippen LogP contribution < -0.4 is 5.32 Å². The average molecular weight is 410 g/mol. The van der Waals surface area contributed by atoms with Gasteiger partial charge in [0.25, 0.3) is 10.2 Å². The van der Waals surface area contributed by atoms with Crippen LogP contribution in [-0.4, -0.2) is 61.8 Å². The first-order valence-electron chi connectivity index (χ1n) is 7.71. The van der Waals surface area contributed by atoms with Crippen molar-refractivity contribution in [1.29, 1.82) is 0 Å². The predicted molar refractivity (Wildman–Crippen MR) is 98.2 cm³/mol. The Kier molecular flexibility index (Phi) is 6.69. The molecule has 0 spiro atoms. The molecular weight excluding hydrogens is 389 g/mol. The number of nitrogens with zero attached hydrogens (tertiary/aromatic N) is 2. The third kappa shape index (κ3) is 5.29. The molecule has 1 N–H and O–H groups in total. The van der Waals surface area contributed by atoms with Gasteiger partial charge in [0, 0.05) is 25.8 Å². The molecule has 1 aromatic carbocycles. The molecule has 25 heavy (non-hydrogen) atoms. The van der Waals surface area contributed by atoms with Crippen LogP contribution in [0, 0.1) is 0 Å². The maximum Gasteiger partial charge on any atom is 0.282 e. The molecule has 1 fully saturated rings. The van der Waals surface area contributed by atoms with E-state index in [9.17, 15) is 13.2 Å². The first-order chi connectivity index (χ1) is 11.6. The van der Waals surface area contributed by atoms with Crippen LogP contribution in [0.5, 0.6) is 0 Å². The van der Waals surface area contributed by atoms with Gasteiger partial charge in [-0.25, -0.2) is 0 Å². The lowest BCUT2D eigenvalue weighted by Gasteiger charge is -2.36. The van der Waals surface area contributed by atoms with Crippen LogP contribution in [-0.2, 0) is 19.7 Å². The second-order valence-electron chi connectivity index (χ2n) is 6.02. The highest BCUT2D eigenvalue weighted by atomic mass is 35.5. The van der Waals surface area contributed by atoms with Crippen molar-refractivity contribution in [3.8, 4) is 0 Å². The standard InChI is InChI=1S/C15H21Cl2N3O4S/c1-10-7-20(8-11(2)24-10)25(22,23)19(3)9-15(21)18-12-4-5-13(16)14(17)6-12/h4-6,10-11H,7-9H2,1-3H3,(H,18,21)/t10-,11-/m1/s1. The lowest BCUT2D eigenvalue weighted by Crippen LogP contribution is -2.53. The summed E-state index contributed by atoms with van der Waals surface area (Å²) in [6, 6.07) is 4.64. The second kappa shape index (κ2) is 8.20. The van der Waals surface area contributed by atoms with Crippen molar-refractivity contribution in [3.63, 3.8) is 0 Å². The summed E-state index contributed by atoms with van der Waals surface area (Å²) in [6.45, 7) is 3.82. The Hall–Kier alpha value is -0.900. The molecule has 1 amide bonds. The van der Waals surface area contributed by atoms with Crippen LogP contribution in [0.4, 0.5) is 5.69 Å². The number of hydrogen-bond donors (Lipinski definition) is 1. The fourth-order valence-electron chi connectivity index (χ4n) is 2.57. The Morgan fingerprint density at radius 3 is 2.44 bits per heavy atom. The third-order valence-corrected chi connectivity index (χ3v) is 6.28. The Bertz CT molecular complexity index is 734. The van der Waals surface area contributed by atoms with Gasteiger partial charge < -0.3 is 10.1 Å². The van der Waals surface area contributed by atoms with Crippen LogP contribution in [0.3, 0.4) is 0 Å². The van der Waals surface area contributed by atoms with Crippen LogP contribution in [0.15, 0.2) is 18.2 Å². The summed E-state index contributed by atoms with van der Waals surface area (Å²) in [5.41, 5.74) is 0.443. The van der Waals surface area contributed by atoms with Crippen molar-refractivity contribution in [2.24, 2.45) is 0 Å². The van der Waals surface area contributed by atoms with E-state index in [2.05, 4.69) is 5.32 Å². The molecule has 0 radical (unpaired) electrons. The Morgan fingerprint density at radius 2 is 1.88 bits per heavy atom. The number of rotatable bonds is 5. The van der Waals surface area contributed by atoms with Gasteiger partial charge in [-0.1, -0.05) is 23.2 Å². The third-order valence-electron chi connectivity index (χ3n) is 3.68. The van der Waals surface area contributed by atoms with Gasteiger partial charge in [0.15, 0.2) is 0 Å². The molecule has 1 aliphatic rings. The largest absolute Gasteiger partial charge is 0.373 e. The van der Waals surface area contributed by atoms with Gasteiger partial charge in [-0.3, -0.25) is 4.79 Å². The Labute approximate surface area is 158 Å². The minimum absolute atomic E-state index is 0.197. The number of hydrogen-bond acceptors (Lipinski definition) is 4. The Balaban J connectivity index is 2.00. The maximum absolute atomic E-state index is 12.6. The lowest BCUT2D eigenvalue weighted by molar-refractivity contribution is -0.116. The maximum atomic E-state index is 12.6. The molecular formula is C15H21Cl2N3O4S. The smallest absolute Gasteiger partial charge is 0.282 e. The molecule has 0 unspecified atom stereocenters. The Morgan fingerprint density at radius 1 is 1.28 bits per heavy atom. The molecule has 2 rings (SSSR count). The number of benzene rings is 1. The molecule has 140 valence electrons. The fourth-order valence-corrected chi connectivity index (χ4v) is 4.34. The van der Waals surface area contributed by atoms with Crippen molar-refractivity contribution < 1.29 is 17.9 Å². The SMILES string of the molecule is C[C@@H]1CN(S(=O)(=O)N(C)CC(=O)Nc2ccc(Cl)c(Cl)c2)C[C@@H](C)O1. The van der Waals surface area contributed by atoms with E-state index in [4.69, 9.17) is 27.9 Å². The zero-order valence-electron chi connectivity index (χ0n) is 14.2. The molecule has 0 aromatic heterocycles. The minimum Gasteiger partial charge on any atom is -0.373 e. The van der Waals surface area contributed by atoms with Gasteiger partial charge in [0.05, 0.1) is 28.8 Å². The van der Waals surface area contributed by atoms with Crippen LogP contribution in [0.1, 0.15) is 13.8 Å². The topological polar surface area (TPSA) is 79.0 Å². The van der Waals surface area contributed by atoms with Crippen molar-refractivity contribution >= 4 is 45.0 Å². The van der Waals surface area contributed by atoms with E-state index in [1.165, 1.54) is 17.4 Å². The van der Waals surface area contributed by atoms with Gasteiger partial charge in [-0.15, -0.1) is 0 Å². The van der Waals surface area contributed by atoms with Gasteiger partial charge in [-0.05, 0) is 32.0 Å². The molecule has 1 aliphatic heterocycles. The number of carbonyl (C=O) groups is 1. The lowest BCUT2D eigenvalue weighted by atomic mass is 10.3.